The van der Waals surface area contributed by atoms with E-state index in [1.54, 1.807) is 12.1 Å². The first-order chi connectivity index (χ1) is 12.0. The minimum atomic E-state index is -1.06. The van der Waals surface area contributed by atoms with Gasteiger partial charge in [0.2, 0.25) is 5.24 Å². The number of benzene rings is 2. The quantitative estimate of drug-likeness (QED) is 0.669. The second-order valence-corrected chi connectivity index (χ2v) is 6.63. The number of halogens is 2. The number of carbonyl (C=O) groups excluding carboxylic acids is 1. The molecule has 0 aliphatic carbocycles. The van der Waals surface area contributed by atoms with Crippen molar-refractivity contribution in [2.45, 2.75) is 18.8 Å². The number of carboxylic acid groups (broad SMARTS) is 1. The average molecular weight is 380 g/mol. The third-order valence-corrected chi connectivity index (χ3v) is 4.40. The third kappa shape index (κ3) is 6.40. The second kappa shape index (κ2) is 9.44. The Labute approximate surface area is 157 Å². The Balaban J connectivity index is 2.21. The van der Waals surface area contributed by atoms with E-state index in [0.717, 1.165) is 11.1 Å². The van der Waals surface area contributed by atoms with Gasteiger partial charge in [-0.25, -0.2) is 4.79 Å². The first kappa shape index (κ1) is 19.3. The van der Waals surface area contributed by atoms with Crippen LogP contribution in [0.5, 0.6) is 0 Å². The van der Waals surface area contributed by atoms with Crippen LogP contribution in [-0.2, 0) is 11.2 Å². The number of amides is 1. The zero-order chi connectivity index (χ0) is 18.2. The van der Waals surface area contributed by atoms with E-state index in [4.69, 9.17) is 23.2 Å². The van der Waals surface area contributed by atoms with Crippen molar-refractivity contribution in [1.82, 2.24) is 4.90 Å². The van der Waals surface area contributed by atoms with Crippen molar-refractivity contribution in [2.24, 2.45) is 0 Å². The summed E-state index contributed by atoms with van der Waals surface area (Å²) in [5, 5.41) is 9.53. The van der Waals surface area contributed by atoms with E-state index in [9.17, 15) is 14.7 Å². The summed E-state index contributed by atoms with van der Waals surface area (Å²) in [5.41, 5.74) is 2.11. The number of carbonyl (C=O) groups is 2. The van der Waals surface area contributed by atoms with Crippen molar-refractivity contribution in [2.75, 3.05) is 13.1 Å². The van der Waals surface area contributed by atoms with Gasteiger partial charge in [0.1, 0.15) is 0 Å². The molecule has 2 aromatic carbocycles. The monoisotopic (exact) mass is 379 g/mol. The SMILES string of the molecule is O=C(Cl)CCN(CC(Cc1ccccc1)c1ccc(Cl)cc1)C(=O)O. The van der Waals surface area contributed by atoms with Gasteiger partial charge in [-0.15, -0.1) is 0 Å². The van der Waals surface area contributed by atoms with E-state index < -0.39 is 11.3 Å². The minimum absolute atomic E-state index is 0.00741. The van der Waals surface area contributed by atoms with Crippen molar-refractivity contribution < 1.29 is 14.7 Å². The molecule has 6 heteroatoms. The average Bonchev–Trinajstić information content (AvgIpc) is 2.58. The Bertz CT molecular complexity index is 704. The molecule has 0 radical (unpaired) electrons. The highest BCUT2D eigenvalue weighted by molar-refractivity contribution is 6.63. The molecule has 2 rings (SSSR count). The number of nitrogens with zero attached hydrogens (tertiary/aromatic N) is 1. The maximum absolute atomic E-state index is 11.5. The van der Waals surface area contributed by atoms with E-state index in [1.807, 2.05) is 42.5 Å². The molecule has 0 aliphatic rings. The predicted molar refractivity (Wildman–Crippen MR) is 99.4 cm³/mol. The molecule has 0 bridgehead atoms. The van der Waals surface area contributed by atoms with E-state index in [2.05, 4.69) is 0 Å². The lowest BCUT2D eigenvalue weighted by molar-refractivity contribution is -0.111. The Morgan fingerprint density at radius 3 is 2.24 bits per heavy atom. The maximum atomic E-state index is 11.5. The van der Waals surface area contributed by atoms with Crippen LogP contribution in [0.25, 0.3) is 0 Å². The van der Waals surface area contributed by atoms with E-state index in [1.165, 1.54) is 4.90 Å². The summed E-state index contributed by atoms with van der Waals surface area (Å²) in [6, 6.07) is 17.3. The van der Waals surface area contributed by atoms with Gasteiger partial charge < -0.3 is 10.0 Å². The fraction of sp³-hybridized carbons (Fsp3) is 0.263. The molecule has 0 aromatic heterocycles. The molecule has 1 atom stereocenters. The molecule has 2 aromatic rings. The zero-order valence-corrected chi connectivity index (χ0v) is 15.1. The molecule has 1 N–H and O–H groups in total. The Morgan fingerprint density at radius 2 is 1.68 bits per heavy atom. The molecule has 0 aliphatic heterocycles. The fourth-order valence-corrected chi connectivity index (χ4v) is 2.89. The Kier molecular flexibility index (Phi) is 7.29. The first-order valence-electron chi connectivity index (χ1n) is 7.91. The molecule has 4 nitrogen and oxygen atoms in total. The Hall–Kier alpha value is -2.04. The summed E-state index contributed by atoms with van der Waals surface area (Å²) in [7, 11) is 0. The van der Waals surface area contributed by atoms with Crippen molar-refractivity contribution >= 4 is 34.5 Å². The molecule has 132 valence electrons. The summed E-state index contributed by atoms with van der Waals surface area (Å²) < 4.78 is 0. The van der Waals surface area contributed by atoms with Gasteiger partial charge in [-0.3, -0.25) is 4.79 Å². The van der Waals surface area contributed by atoms with Crippen molar-refractivity contribution in [3.8, 4) is 0 Å². The van der Waals surface area contributed by atoms with E-state index in [-0.39, 0.29) is 25.4 Å². The van der Waals surface area contributed by atoms with Gasteiger partial charge in [-0.1, -0.05) is 54.1 Å². The van der Waals surface area contributed by atoms with E-state index >= 15 is 0 Å². The van der Waals surface area contributed by atoms with Gasteiger partial charge in [0, 0.05) is 30.5 Å². The zero-order valence-electron chi connectivity index (χ0n) is 13.6. The normalized spacial score (nSPS) is 11.8. The second-order valence-electron chi connectivity index (χ2n) is 5.77. The first-order valence-corrected chi connectivity index (χ1v) is 8.67. The van der Waals surface area contributed by atoms with Gasteiger partial charge >= 0.3 is 6.09 Å². The molecule has 0 spiro atoms. The highest BCUT2D eigenvalue weighted by Gasteiger charge is 2.21. The van der Waals surface area contributed by atoms with Crippen LogP contribution < -0.4 is 0 Å². The molecule has 0 saturated heterocycles. The lowest BCUT2D eigenvalue weighted by Crippen LogP contribution is -2.35. The van der Waals surface area contributed by atoms with Crippen LogP contribution >= 0.6 is 23.2 Å². The fourth-order valence-electron chi connectivity index (χ4n) is 2.68. The van der Waals surface area contributed by atoms with Crippen LogP contribution in [0.1, 0.15) is 23.5 Å². The molecule has 0 heterocycles. The summed E-state index contributed by atoms with van der Waals surface area (Å²) in [5.74, 6) is -0.0544. The largest absolute Gasteiger partial charge is 0.465 e. The lowest BCUT2D eigenvalue weighted by atomic mass is 9.91. The standard InChI is InChI=1S/C19H19Cl2NO3/c20-17-8-6-15(7-9-17)16(12-14-4-2-1-3-5-14)13-22(19(24)25)11-10-18(21)23/h1-9,16H,10-13H2,(H,24,25). The van der Waals surface area contributed by atoms with Crippen LogP contribution in [0.2, 0.25) is 5.02 Å². The molecule has 1 amide bonds. The third-order valence-electron chi connectivity index (χ3n) is 3.96. The van der Waals surface area contributed by atoms with Crippen LogP contribution in [0, 0.1) is 0 Å². The van der Waals surface area contributed by atoms with Gasteiger partial charge in [-0.05, 0) is 41.3 Å². The van der Waals surface area contributed by atoms with Gasteiger partial charge in [-0.2, -0.15) is 0 Å². The van der Waals surface area contributed by atoms with Crippen LogP contribution in [0.3, 0.4) is 0 Å². The molecular weight excluding hydrogens is 361 g/mol. The van der Waals surface area contributed by atoms with Crippen molar-refractivity contribution in [1.29, 1.82) is 0 Å². The molecule has 1 unspecified atom stereocenters. The van der Waals surface area contributed by atoms with Crippen LogP contribution in [0.4, 0.5) is 4.79 Å². The van der Waals surface area contributed by atoms with Gasteiger partial charge in [0.25, 0.3) is 0 Å². The maximum Gasteiger partial charge on any atom is 0.407 e. The topological polar surface area (TPSA) is 57.6 Å². The molecule has 0 saturated carbocycles. The molecular formula is C19H19Cl2NO3. The minimum Gasteiger partial charge on any atom is -0.465 e. The van der Waals surface area contributed by atoms with Gasteiger partial charge in [0.15, 0.2) is 0 Å². The molecule has 0 fully saturated rings. The smallest absolute Gasteiger partial charge is 0.407 e. The molecule has 25 heavy (non-hydrogen) atoms. The highest BCUT2D eigenvalue weighted by Crippen LogP contribution is 2.24. The number of hydrogen-bond acceptors (Lipinski definition) is 2. The summed E-state index contributed by atoms with van der Waals surface area (Å²) in [6.45, 7) is 0.354. The number of hydrogen-bond donors (Lipinski definition) is 1. The van der Waals surface area contributed by atoms with Gasteiger partial charge in [0.05, 0.1) is 0 Å². The summed E-state index contributed by atoms with van der Waals surface area (Å²) >= 11 is 11.3. The van der Waals surface area contributed by atoms with E-state index in [0.29, 0.717) is 11.4 Å². The van der Waals surface area contributed by atoms with Crippen molar-refractivity contribution in [3.63, 3.8) is 0 Å². The summed E-state index contributed by atoms with van der Waals surface area (Å²) in [6.07, 6.45) is -0.391. The Morgan fingerprint density at radius 1 is 1.04 bits per heavy atom. The highest BCUT2D eigenvalue weighted by atomic mass is 35.5. The summed E-state index contributed by atoms with van der Waals surface area (Å²) in [4.78, 5) is 23.8. The van der Waals surface area contributed by atoms with Crippen LogP contribution in [-0.4, -0.2) is 34.4 Å². The van der Waals surface area contributed by atoms with Crippen LogP contribution in [0.15, 0.2) is 54.6 Å². The van der Waals surface area contributed by atoms with Crippen molar-refractivity contribution in [3.05, 3.63) is 70.7 Å². The number of rotatable bonds is 8. The predicted octanol–water partition coefficient (Wildman–Crippen LogP) is 4.80. The lowest BCUT2D eigenvalue weighted by Gasteiger charge is -2.25.